The van der Waals surface area contributed by atoms with Gasteiger partial charge in [0, 0.05) is 0 Å². The second-order valence-corrected chi connectivity index (χ2v) is 6.88. The number of benzene rings is 3. The molecular formula is C24H22N2. The Balaban J connectivity index is 1.77. The van der Waals surface area contributed by atoms with Gasteiger partial charge < -0.3 is 0 Å². The van der Waals surface area contributed by atoms with Crippen LogP contribution >= 0.6 is 0 Å². The van der Waals surface area contributed by atoms with Crippen LogP contribution in [-0.4, -0.2) is 0 Å². The molecule has 128 valence electrons. The minimum absolute atomic E-state index is 0.585. The van der Waals surface area contributed by atoms with Crippen molar-refractivity contribution in [3.05, 3.63) is 95.1 Å². The average molecular weight is 338 g/mol. The van der Waals surface area contributed by atoms with E-state index in [1.165, 1.54) is 38.6 Å². The summed E-state index contributed by atoms with van der Waals surface area (Å²) in [5.41, 5.74) is 7.66. The Hall–Kier alpha value is -3.00. The Bertz CT molecular complexity index is 1040. The molecule has 0 fully saturated rings. The van der Waals surface area contributed by atoms with Gasteiger partial charge in [-0.2, -0.15) is 10.2 Å². The largest absolute Gasteiger partial charge is 0.184 e. The van der Waals surface area contributed by atoms with Crippen molar-refractivity contribution in [2.75, 3.05) is 0 Å². The zero-order chi connectivity index (χ0) is 17.9. The highest BCUT2D eigenvalue weighted by Gasteiger charge is 2.17. The lowest BCUT2D eigenvalue weighted by Crippen LogP contribution is -1.95. The lowest BCUT2D eigenvalue weighted by molar-refractivity contribution is 0.962. The van der Waals surface area contributed by atoms with E-state index >= 15 is 0 Å². The molecule has 0 N–H and O–H groups in total. The topological polar surface area (TPSA) is 24.7 Å². The zero-order valence-electron chi connectivity index (χ0n) is 15.2. The van der Waals surface area contributed by atoms with Gasteiger partial charge in [0.1, 0.15) is 0 Å². The maximum absolute atomic E-state index is 4.52. The molecule has 0 aliphatic heterocycles. The lowest BCUT2D eigenvalue weighted by Gasteiger charge is -2.14. The molecule has 3 aromatic carbocycles. The summed E-state index contributed by atoms with van der Waals surface area (Å²) in [6, 6.07) is 22.9. The molecule has 1 aliphatic carbocycles. The number of fused-ring (bicyclic) bond motifs is 1. The van der Waals surface area contributed by atoms with Crippen LogP contribution in [-0.2, 0) is 6.54 Å². The lowest BCUT2D eigenvalue weighted by atomic mass is 9.91. The molecule has 0 atom stereocenters. The maximum Gasteiger partial charge on any atom is 0.0865 e. The van der Waals surface area contributed by atoms with Crippen LogP contribution in [0.3, 0.4) is 0 Å². The predicted octanol–water partition coefficient (Wildman–Crippen LogP) is 7.25. The SMILES string of the molecule is CC1=CC(C)=C(c2ccc3ccccc3c2CN=Nc2ccccc2)C1. The molecule has 0 bridgehead atoms. The van der Waals surface area contributed by atoms with Gasteiger partial charge >= 0.3 is 0 Å². The summed E-state index contributed by atoms with van der Waals surface area (Å²) in [6.07, 6.45) is 3.31. The first-order chi connectivity index (χ1) is 12.7. The van der Waals surface area contributed by atoms with Crippen LogP contribution in [0.4, 0.5) is 5.69 Å². The zero-order valence-corrected chi connectivity index (χ0v) is 15.2. The fourth-order valence-electron chi connectivity index (χ4n) is 3.71. The van der Waals surface area contributed by atoms with Gasteiger partial charge in [-0.15, -0.1) is 0 Å². The van der Waals surface area contributed by atoms with E-state index in [2.05, 4.69) is 66.6 Å². The second kappa shape index (κ2) is 7.09. The Morgan fingerprint density at radius 3 is 2.38 bits per heavy atom. The quantitative estimate of drug-likeness (QED) is 0.448. The van der Waals surface area contributed by atoms with Crippen LogP contribution in [0.25, 0.3) is 16.3 Å². The molecule has 0 aromatic heterocycles. The third-order valence-corrected chi connectivity index (χ3v) is 4.93. The summed E-state index contributed by atoms with van der Waals surface area (Å²) in [6.45, 7) is 4.99. The highest BCUT2D eigenvalue weighted by molar-refractivity contribution is 5.92. The third kappa shape index (κ3) is 3.23. The predicted molar refractivity (Wildman–Crippen MR) is 110 cm³/mol. The molecule has 0 spiro atoms. The smallest absolute Gasteiger partial charge is 0.0865 e. The summed E-state index contributed by atoms with van der Waals surface area (Å²) in [7, 11) is 0. The van der Waals surface area contributed by atoms with Crippen molar-refractivity contribution in [3.63, 3.8) is 0 Å². The van der Waals surface area contributed by atoms with Gasteiger partial charge in [0.2, 0.25) is 0 Å². The normalized spacial score (nSPS) is 14.5. The van der Waals surface area contributed by atoms with Crippen LogP contribution in [0, 0.1) is 0 Å². The highest BCUT2D eigenvalue weighted by atomic mass is 15.1. The average Bonchev–Trinajstić information content (AvgIpc) is 3.00. The number of rotatable bonds is 4. The van der Waals surface area contributed by atoms with Gasteiger partial charge in [0.15, 0.2) is 0 Å². The Kier molecular flexibility index (Phi) is 4.49. The fraction of sp³-hybridized carbons (Fsp3) is 0.167. The molecule has 4 rings (SSSR count). The number of hydrogen-bond donors (Lipinski definition) is 0. The summed E-state index contributed by atoms with van der Waals surface area (Å²) in [5, 5.41) is 11.4. The van der Waals surface area contributed by atoms with Gasteiger partial charge in [0.05, 0.1) is 12.2 Å². The number of allylic oxidation sites excluding steroid dienone is 4. The minimum atomic E-state index is 0.585. The van der Waals surface area contributed by atoms with E-state index in [4.69, 9.17) is 0 Å². The van der Waals surface area contributed by atoms with E-state index < -0.39 is 0 Å². The first kappa shape index (κ1) is 16.5. The Morgan fingerprint density at radius 2 is 1.62 bits per heavy atom. The Morgan fingerprint density at radius 1 is 0.846 bits per heavy atom. The van der Waals surface area contributed by atoms with Crippen molar-refractivity contribution < 1.29 is 0 Å². The van der Waals surface area contributed by atoms with Gasteiger partial charge in [0.25, 0.3) is 0 Å². The van der Waals surface area contributed by atoms with Crippen LogP contribution in [0.5, 0.6) is 0 Å². The number of azo groups is 1. The maximum atomic E-state index is 4.52. The monoisotopic (exact) mass is 338 g/mol. The molecule has 3 aromatic rings. The first-order valence-corrected chi connectivity index (χ1v) is 9.03. The molecule has 0 heterocycles. The first-order valence-electron chi connectivity index (χ1n) is 9.03. The number of nitrogens with zero attached hydrogens (tertiary/aromatic N) is 2. The molecule has 26 heavy (non-hydrogen) atoms. The molecule has 0 amide bonds. The second-order valence-electron chi connectivity index (χ2n) is 6.88. The number of hydrogen-bond acceptors (Lipinski definition) is 2. The summed E-state index contributed by atoms with van der Waals surface area (Å²) in [4.78, 5) is 0. The van der Waals surface area contributed by atoms with E-state index in [0.717, 1.165) is 12.1 Å². The van der Waals surface area contributed by atoms with Gasteiger partial charge in [-0.3, -0.25) is 0 Å². The van der Waals surface area contributed by atoms with E-state index in [0.29, 0.717) is 6.54 Å². The van der Waals surface area contributed by atoms with Crippen LogP contribution in [0.1, 0.15) is 31.4 Å². The van der Waals surface area contributed by atoms with Crippen molar-refractivity contribution in [3.8, 4) is 0 Å². The molecule has 0 radical (unpaired) electrons. The van der Waals surface area contributed by atoms with E-state index in [1.54, 1.807) is 0 Å². The molecular weight excluding hydrogens is 316 g/mol. The third-order valence-electron chi connectivity index (χ3n) is 4.93. The van der Waals surface area contributed by atoms with Crippen molar-refractivity contribution in [1.82, 2.24) is 0 Å². The van der Waals surface area contributed by atoms with Gasteiger partial charge in [-0.05, 0) is 65.4 Å². The fourth-order valence-corrected chi connectivity index (χ4v) is 3.71. The molecule has 2 nitrogen and oxygen atoms in total. The van der Waals surface area contributed by atoms with Crippen LogP contribution in [0.15, 0.2) is 94.2 Å². The standard InChI is InChI=1S/C24H22N2/c1-17-14-18(2)23(15-17)22-13-12-19-8-6-7-11-21(19)24(22)16-25-26-20-9-4-3-5-10-20/h3-14H,15-16H2,1-2H3. The van der Waals surface area contributed by atoms with E-state index in [-0.39, 0.29) is 0 Å². The van der Waals surface area contributed by atoms with Crippen LogP contribution < -0.4 is 0 Å². The van der Waals surface area contributed by atoms with E-state index in [9.17, 15) is 0 Å². The highest BCUT2D eigenvalue weighted by Crippen LogP contribution is 2.37. The van der Waals surface area contributed by atoms with Crippen molar-refractivity contribution >= 4 is 22.0 Å². The molecule has 1 aliphatic rings. The summed E-state index contributed by atoms with van der Waals surface area (Å²) in [5.74, 6) is 0. The van der Waals surface area contributed by atoms with Crippen molar-refractivity contribution in [1.29, 1.82) is 0 Å². The van der Waals surface area contributed by atoms with Gasteiger partial charge in [-0.1, -0.05) is 66.2 Å². The van der Waals surface area contributed by atoms with Crippen LogP contribution in [0.2, 0.25) is 0 Å². The molecule has 0 saturated carbocycles. The summed E-state index contributed by atoms with van der Waals surface area (Å²) < 4.78 is 0. The molecule has 2 heteroatoms. The Labute approximate surface area is 154 Å². The minimum Gasteiger partial charge on any atom is -0.184 e. The van der Waals surface area contributed by atoms with Crippen molar-refractivity contribution in [2.24, 2.45) is 10.2 Å². The molecule has 0 saturated heterocycles. The van der Waals surface area contributed by atoms with Crippen molar-refractivity contribution in [2.45, 2.75) is 26.8 Å². The molecule has 0 unspecified atom stereocenters. The van der Waals surface area contributed by atoms with E-state index in [1.807, 2.05) is 30.3 Å². The van der Waals surface area contributed by atoms with Gasteiger partial charge in [-0.25, -0.2) is 0 Å². The summed E-state index contributed by atoms with van der Waals surface area (Å²) >= 11 is 0.